The topological polar surface area (TPSA) is 103 Å². The van der Waals surface area contributed by atoms with Crippen LogP contribution in [0.25, 0.3) is 0 Å². The number of hydrogen-bond acceptors (Lipinski definition) is 5. The highest BCUT2D eigenvalue weighted by atomic mass is 19.4. The first-order chi connectivity index (χ1) is 8.60. The van der Waals surface area contributed by atoms with Crippen LogP contribution in [0.3, 0.4) is 0 Å². The number of carboxylic acid groups (broad SMARTS) is 1. The van der Waals surface area contributed by atoms with Gasteiger partial charge in [-0.2, -0.15) is 0 Å². The van der Waals surface area contributed by atoms with Gasteiger partial charge in [-0.15, -0.1) is 13.2 Å². The van der Waals surface area contributed by atoms with Crippen LogP contribution in [0.2, 0.25) is 0 Å². The van der Waals surface area contributed by atoms with Gasteiger partial charge in [0, 0.05) is 6.92 Å². The van der Waals surface area contributed by atoms with E-state index in [4.69, 9.17) is 5.11 Å². The zero-order valence-electron chi connectivity index (χ0n) is 9.39. The summed E-state index contributed by atoms with van der Waals surface area (Å²) >= 11 is 0. The number of carbonyl (C=O) groups is 1. The Kier molecular flexibility index (Phi) is 3.92. The monoisotopic (exact) mass is 280 g/mol. The molecule has 1 aromatic heterocycles. The van der Waals surface area contributed by atoms with Crippen LogP contribution in [0.1, 0.15) is 11.3 Å². The quantitative estimate of drug-likeness (QED) is 0.666. The summed E-state index contributed by atoms with van der Waals surface area (Å²) in [6.07, 6.45) is -5.88. The number of rotatable bonds is 4. The van der Waals surface area contributed by atoms with E-state index >= 15 is 0 Å². The third-order valence-corrected chi connectivity index (χ3v) is 2.02. The van der Waals surface area contributed by atoms with Crippen molar-refractivity contribution in [2.75, 3.05) is 0 Å². The number of ether oxygens (including phenoxy) is 1. The minimum atomic E-state index is -5.09. The average molecular weight is 280 g/mol. The third-order valence-electron chi connectivity index (χ3n) is 2.02. The molecule has 0 aliphatic rings. The molecule has 0 aliphatic heterocycles. The molecule has 1 heterocycles. The van der Waals surface area contributed by atoms with Gasteiger partial charge in [-0.1, -0.05) is 0 Å². The molecule has 0 atom stereocenters. The molecule has 0 saturated heterocycles. The largest absolute Gasteiger partial charge is 0.573 e. The van der Waals surface area contributed by atoms with Gasteiger partial charge < -0.3 is 20.0 Å². The van der Waals surface area contributed by atoms with Crippen LogP contribution in [0, 0.1) is 17.0 Å². The number of hydrogen-bond donors (Lipinski definition) is 1. The van der Waals surface area contributed by atoms with Crippen molar-refractivity contribution < 1.29 is 32.7 Å². The predicted molar refractivity (Wildman–Crippen MR) is 53.7 cm³/mol. The number of aromatic nitrogens is 1. The van der Waals surface area contributed by atoms with Crippen LogP contribution in [0.4, 0.5) is 19.0 Å². The zero-order chi connectivity index (χ0) is 14.8. The number of nitrogens with zero attached hydrogens (tertiary/aromatic N) is 2. The maximum Gasteiger partial charge on any atom is 0.573 e. The number of aryl methyl sites for hydroxylation is 1. The molecular formula is C9H7F3N2O5. The SMILES string of the molecule is Cc1nc([N+](=O)[O-])cc(OC(F)(F)F)c1CC(=O)O. The predicted octanol–water partition coefficient (Wildman–Crippen LogP) is 1.82. The summed E-state index contributed by atoms with van der Waals surface area (Å²) in [7, 11) is 0. The van der Waals surface area contributed by atoms with E-state index in [1.54, 1.807) is 0 Å². The number of pyridine rings is 1. The van der Waals surface area contributed by atoms with Gasteiger partial charge in [0.05, 0.1) is 18.1 Å². The van der Waals surface area contributed by atoms with Crippen LogP contribution >= 0.6 is 0 Å². The summed E-state index contributed by atoms with van der Waals surface area (Å²) < 4.78 is 40.1. The summed E-state index contributed by atoms with van der Waals surface area (Å²) in [5, 5.41) is 19.1. The van der Waals surface area contributed by atoms with Crippen molar-refractivity contribution >= 4 is 11.8 Å². The molecule has 7 nitrogen and oxygen atoms in total. The fourth-order valence-corrected chi connectivity index (χ4v) is 1.33. The van der Waals surface area contributed by atoms with Crippen LogP contribution in [-0.4, -0.2) is 27.3 Å². The molecule has 0 bridgehead atoms. The lowest BCUT2D eigenvalue weighted by Crippen LogP contribution is -2.19. The first-order valence-corrected chi connectivity index (χ1v) is 4.72. The molecular weight excluding hydrogens is 273 g/mol. The van der Waals surface area contributed by atoms with Crippen molar-refractivity contribution in [3.63, 3.8) is 0 Å². The van der Waals surface area contributed by atoms with E-state index in [1.807, 2.05) is 0 Å². The Morgan fingerprint density at radius 3 is 2.58 bits per heavy atom. The molecule has 0 saturated carbocycles. The summed E-state index contributed by atoms with van der Waals surface area (Å²) in [5.41, 5.74) is -0.578. The van der Waals surface area contributed by atoms with E-state index in [-0.39, 0.29) is 11.3 Å². The van der Waals surface area contributed by atoms with Gasteiger partial charge in [-0.3, -0.25) is 4.79 Å². The molecule has 0 unspecified atom stereocenters. The van der Waals surface area contributed by atoms with E-state index in [1.165, 1.54) is 0 Å². The molecule has 0 radical (unpaired) electrons. The summed E-state index contributed by atoms with van der Waals surface area (Å²) in [4.78, 5) is 23.5. The van der Waals surface area contributed by atoms with E-state index in [0.29, 0.717) is 6.07 Å². The Balaban J connectivity index is 3.35. The molecule has 10 heteroatoms. The highest BCUT2D eigenvalue weighted by Crippen LogP contribution is 2.31. The highest BCUT2D eigenvalue weighted by Gasteiger charge is 2.34. The normalized spacial score (nSPS) is 11.2. The average Bonchev–Trinajstić information content (AvgIpc) is 2.19. The van der Waals surface area contributed by atoms with Crippen molar-refractivity contribution in [1.29, 1.82) is 0 Å². The Bertz CT molecular complexity index is 529. The standard InChI is InChI=1S/C9H7F3N2O5/c1-4-5(2-8(15)16)6(19-9(10,11)12)3-7(13-4)14(17)18/h3H,2H2,1H3,(H,15,16). The molecule has 0 aromatic carbocycles. The molecule has 1 aromatic rings. The molecule has 0 amide bonds. The van der Waals surface area contributed by atoms with Crippen molar-refractivity contribution in [2.45, 2.75) is 19.7 Å². The molecule has 0 aliphatic carbocycles. The second kappa shape index (κ2) is 5.08. The fraction of sp³-hybridized carbons (Fsp3) is 0.333. The maximum atomic E-state index is 12.2. The fourth-order valence-electron chi connectivity index (χ4n) is 1.33. The van der Waals surface area contributed by atoms with Gasteiger partial charge in [-0.05, 0) is 9.91 Å². The van der Waals surface area contributed by atoms with E-state index in [0.717, 1.165) is 6.92 Å². The van der Waals surface area contributed by atoms with Crippen molar-refractivity contribution in [2.24, 2.45) is 0 Å². The van der Waals surface area contributed by atoms with Crippen LogP contribution in [0.5, 0.6) is 5.75 Å². The molecule has 0 spiro atoms. The number of aliphatic carboxylic acids is 1. The third kappa shape index (κ3) is 4.08. The summed E-state index contributed by atoms with van der Waals surface area (Å²) in [6.45, 7) is 1.16. The number of halogens is 3. The van der Waals surface area contributed by atoms with Crippen molar-refractivity contribution in [3.05, 3.63) is 27.4 Å². The van der Waals surface area contributed by atoms with Crippen LogP contribution in [0.15, 0.2) is 6.07 Å². The molecule has 19 heavy (non-hydrogen) atoms. The number of carboxylic acids is 1. The van der Waals surface area contributed by atoms with Crippen molar-refractivity contribution in [3.8, 4) is 5.75 Å². The van der Waals surface area contributed by atoms with Gasteiger partial charge in [0.25, 0.3) is 0 Å². The summed E-state index contributed by atoms with van der Waals surface area (Å²) in [5.74, 6) is -3.20. The molecule has 1 rings (SSSR count). The minimum Gasteiger partial charge on any atom is -0.481 e. The Morgan fingerprint density at radius 1 is 1.58 bits per heavy atom. The molecule has 104 valence electrons. The van der Waals surface area contributed by atoms with Crippen molar-refractivity contribution in [1.82, 2.24) is 4.98 Å². The van der Waals surface area contributed by atoms with Crippen LogP contribution < -0.4 is 4.74 Å². The lowest BCUT2D eigenvalue weighted by molar-refractivity contribution is -0.389. The zero-order valence-corrected chi connectivity index (χ0v) is 9.39. The summed E-state index contributed by atoms with van der Waals surface area (Å²) in [6, 6.07) is 0.443. The van der Waals surface area contributed by atoms with E-state index in [9.17, 15) is 28.1 Å². The Morgan fingerprint density at radius 2 is 2.16 bits per heavy atom. The maximum absolute atomic E-state index is 12.2. The smallest absolute Gasteiger partial charge is 0.481 e. The lowest BCUT2D eigenvalue weighted by Gasteiger charge is -2.12. The molecule has 0 fully saturated rings. The van der Waals surface area contributed by atoms with Gasteiger partial charge in [0.15, 0.2) is 5.69 Å². The van der Waals surface area contributed by atoms with Crippen LogP contribution in [-0.2, 0) is 11.2 Å². The van der Waals surface area contributed by atoms with Gasteiger partial charge >= 0.3 is 18.1 Å². The van der Waals surface area contributed by atoms with Gasteiger partial charge in [-0.25, -0.2) is 0 Å². The Labute approximate surface area is 103 Å². The highest BCUT2D eigenvalue weighted by molar-refractivity contribution is 5.72. The van der Waals surface area contributed by atoms with E-state index < -0.39 is 35.2 Å². The molecule has 1 N–H and O–H groups in total. The number of alkyl halides is 3. The van der Waals surface area contributed by atoms with Gasteiger partial charge in [0.1, 0.15) is 5.75 Å². The first kappa shape index (κ1) is 14.7. The second-order valence-corrected chi connectivity index (χ2v) is 3.42. The number of nitro groups is 1. The first-order valence-electron chi connectivity index (χ1n) is 4.72. The Hall–Kier alpha value is -2.39. The van der Waals surface area contributed by atoms with E-state index in [2.05, 4.69) is 9.72 Å². The lowest BCUT2D eigenvalue weighted by atomic mass is 10.1. The second-order valence-electron chi connectivity index (χ2n) is 3.42. The minimum absolute atomic E-state index is 0.212. The van der Waals surface area contributed by atoms with Gasteiger partial charge in [0.2, 0.25) is 0 Å².